The maximum absolute atomic E-state index is 13.6. The molecular formula is C30H55N3O2Sn. The summed E-state index contributed by atoms with van der Waals surface area (Å²) in [6.45, 7) is 17.4. The molecule has 0 aromatic carbocycles. The topological polar surface area (TPSA) is 45.7 Å². The van der Waals surface area contributed by atoms with Crippen LogP contribution in [0.3, 0.4) is 0 Å². The Morgan fingerprint density at radius 3 is 2.06 bits per heavy atom. The molecule has 1 atom stereocenters. The van der Waals surface area contributed by atoms with Crippen LogP contribution >= 0.6 is 0 Å². The molecule has 1 aliphatic rings. The van der Waals surface area contributed by atoms with Gasteiger partial charge < -0.3 is 0 Å². The molecule has 2 rings (SSSR count). The minimum atomic E-state index is -2.76. The van der Waals surface area contributed by atoms with Crippen molar-refractivity contribution in [1.29, 1.82) is 0 Å². The molecule has 0 amide bonds. The van der Waals surface area contributed by atoms with E-state index in [0.717, 1.165) is 44.0 Å². The first-order valence-electron chi connectivity index (χ1n) is 14.9. The Hall–Kier alpha value is -0.661. The van der Waals surface area contributed by atoms with Crippen molar-refractivity contribution in [1.82, 2.24) is 9.88 Å². The molecule has 1 saturated heterocycles. The number of rotatable bonds is 19. The van der Waals surface area contributed by atoms with Gasteiger partial charge in [0.05, 0.1) is 0 Å². The van der Waals surface area contributed by atoms with Gasteiger partial charge in [0.1, 0.15) is 0 Å². The van der Waals surface area contributed by atoms with E-state index in [9.17, 15) is 4.79 Å². The molecule has 0 spiro atoms. The number of methoxy groups -OCH3 is 1. The number of carbonyl (C=O) groups is 1. The van der Waals surface area contributed by atoms with Gasteiger partial charge >= 0.3 is 227 Å². The molecule has 0 N–H and O–H groups in total. The van der Waals surface area contributed by atoms with Crippen molar-refractivity contribution >= 4 is 33.7 Å². The fourth-order valence-electron chi connectivity index (χ4n) is 5.70. The van der Waals surface area contributed by atoms with Crippen LogP contribution in [0.5, 0.6) is 0 Å². The van der Waals surface area contributed by atoms with Crippen LogP contribution in [0.2, 0.25) is 13.3 Å². The van der Waals surface area contributed by atoms with Gasteiger partial charge in [0.15, 0.2) is 0 Å². The summed E-state index contributed by atoms with van der Waals surface area (Å²) in [7, 11) is 1.79. The normalized spacial score (nSPS) is 15.4. The first-order valence-corrected chi connectivity index (χ1v) is 22.4. The third-order valence-corrected chi connectivity index (χ3v) is 23.5. The summed E-state index contributed by atoms with van der Waals surface area (Å²) in [5.74, 6) is 1.32. The van der Waals surface area contributed by atoms with Crippen LogP contribution in [0.1, 0.15) is 103 Å². The molecule has 36 heavy (non-hydrogen) atoms. The number of aromatic nitrogens is 1. The van der Waals surface area contributed by atoms with Crippen molar-refractivity contribution < 1.29 is 9.53 Å². The van der Waals surface area contributed by atoms with Crippen molar-refractivity contribution in [2.45, 2.75) is 118 Å². The molecule has 1 aliphatic heterocycles. The Morgan fingerprint density at radius 2 is 1.58 bits per heavy atom. The van der Waals surface area contributed by atoms with Gasteiger partial charge in [-0.2, -0.15) is 0 Å². The van der Waals surface area contributed by atoms with Gasteiger partial charge in [0.2, 0.25) is 0 Å². The molecular weight excluding hydrogens is 553 g/mol. The summed E-state index contributed by atoms with van der Waals surface area (Å²) < 4.78 is 11.0. The predicted octanol–water partition coefficient (Wildman–Crippen LogP) is 6.67. The van der Waals surface area contributed by atoms with E-state index in [1.165, 1.54) is 55.5 Å². The van der Waals surface area contributed by atoms with Gasteiger partial charge in [-0.25, -0.2) is 0 Å². The van der Waals surface area contributed by atoms with Crippen molar-refractivity contribution in [3.63, 3.8) is 0 Å². The number of pyridine rings is 1. The second kappa shape index (κ2) is 16.3. The molecule has 0 bridgehead atoms. The van der Waals surface area contributed by atoms with E-state index < -0.39 is 18.4 Å². The number of ether oxygens (including phenoxy) is 1. The van der Waals surface area contributed by atoms with Crippen LogP contribution in [0.15, 0.2) is 12.1 Å². The number of hydrogen-bond acceptors (Lipinski definition) is 5. The Morgan fingerprint density at radius 1 is 1.03 bits per heavy atom. The minimum absolute atomic E-state index is 0.276. The molecule has 0 aliphatic carbocycles. The summed E-state index contributed by atoms with van der Waals surface area (Å²) in [6.07, 6.45) is 9.44. The predicted molar refractivity (Wildman–Crippen MR) is 158 cm³/mol. The van der Waals surface area contributed by atoms with Crippen LogP contribution in [0, 0.1) is 0 Å². The van der Waals surface area contributed by atoms with Crippen LogP contribution in [0.25, 0.3) is 0 Å². The Labute approximate surface area is 226 Å². The van der Waals surface area contributed by atoms with E-state index in [0.29, 0.717) is 18.2 Å². The van der Waals surface area contributed by atoms with Crippen LogP contribution in [-0.2, 0) is 4.74 Å². The van der Waals surface area contributed by atoms with E-state index in [1.54, 1.807) is 7.11 Å². The van der Waals surface area contributed by atoms with Gasteiger partial charge in [0, 0.05) is 0 Å². The molecule has 2 heterocycles. The number of Topliss-reactive ketones (excluding diaryl/α,β-unsaturated/α-hetero) is 1. The molecule has 0 radical (unpaired) electrons. The van der Waals surface area contributed by atoms with Gasteiger partial charge in [-0.1, -0.05) is 0 Å². The molecule has 1 aromatic heterocycles. The molecule has 6 heteroatoms. The molecule has 1 aromatic rings. The summed E-state index contributed by atoms with van der Waals surface area (Å²) >= 11 is -2.76. The van der Waals surface area contributed by atoms with Gasteiger partial charge in [-0.15, -0.1) is 0 Å². The number of unbranched alkanes of at least 4 members (excludes halogenated alkanes) is 3. The van der Waals surface area contributed by atoms with E-state index >= 15 is 0 Å². The summed E-state index contributed by atoms with van der Waals surface area (Å²) in [5, 5.41) is 0. The van der Waals surface area contributed by atoms with Crippen molar-refractivity contribution in [2.75, 3.05) is 38.2 Å². The number of hydrogen-bond donors (Lipinski definition) is 0. The average Bonchev–Trinajstić information content (AvgIpc) is 2.87. The standard InChI is InChI=1S/C18H28N3O2.3C4H9.Sn/c1-5-20(6-2)14(3)7-8-17(22)15-9-10-19-18(11-15)21-12-16(13-21)23-4;3*1-3-4-2;/h9,11,14,16H,5-8,12-13H2,1-4H3;3*1,3-4H2,2H3;/t14-;;;;/m0..../s1. The number of anilines is 1. The Kier molecular flexibility index (Phi) is 14.3. The van der Waals surface area contributed by atoms with Crippen molar-refractivity contribution in [3.05, 3.63) is 17.7 Å². The van der Waals surface area contributed by atoms with Crippen LogP contribution in [-0.4, -0.2) is 79.5 Å². The third kappa shape index (κ3) is 8.69. The summed E-state index contributed by atoms with van der Waals surface area (Å²) in [5.41, 5.74) is 0.910. The molecule has 1 fully saturated rings. The monoisotopic (exact) mass is 609 g/mol. The molecule has 0 unspecified atom stereocenters. The van der Waals surface area contributed by atoms with E-state index in [1.807, 2.05) is 0 Å². The Bertz CT molecular complexity index is 756. The average molecular weight is 609 g/mol. The summed E-state index contributed by atoms with van der Waals surface area (Å²) in [6, 6.07) is 4.80. The van der Waals surface area contributed by atoms with Gasteiger partial charge in [-0.05, 0) is 0 Å². The quantitative estimate of drug-likeness (QED) is 0.130. The first-order chi connectivity index (χ1) is 17.4. The zero-order chi connectivity index (χ0) is 26.6. The van der Waals surface area contributed by atoms with E-state index in [4.69, 9.17) is 9.72 Å². The number of ketones is 1. The van der Waals surface area contributed by atoms with Crippen LogP contribution < -0.4 is 8.61 Å². The van der Waals surface area contributed by atoms with E-state index in [-0.39, 0.29) is 6.10 Å². The fraction of sp³-hybridized carbons (Fsp3) is 0.800. The number of nitrogens with zero attached hydrogens (tertiary/aromatic N) is 3. The zero-order valence-corrected chi connectivity index (χ0v) is 27.4. The fourth-order valence-corrected chi connectivity index (χ4v) is 21.2. The van der Waals surface area contributed by atoms with Crippen molar-refractivity contribution in [2.24, 2.45) is 0 Å². The third-order valence-electron chi connectivity index (χ3n) is 8.43. The second-order valence-electron chi connectivity index (χ2n) is 11.0. The van der Waals surface area contributed by atoms with Gasteiger partial charge in [0.25, 0.3) is 0 Å². The summed E-state index contributed by atoms with van der Waals surface area (Å²) in [4.78, 5) is 23.8. The maximum atomic E-state index is 13.6. The van der Waals surface area contributed by atoms with Gasteiger partial charge in [-0.3, -0.25) is 0 Å². The zero-order valence-electron chi connectivity index (χ0n) is 24.6. The molecule has 0 saturated carbocycles. The van der Waals surface area contributed by atoms with Crippen LogP contribution in [0.4, 0.5) is 5.82 Å². The van der Waals surface area contributed by atoms with E-state index in [2.05, 4.69) is 63.5 Å². The molecule has 206 valence electrons. The molecule has 5 nitrogen and oxygen atoms in total. The first kappa shape index (κ1) is 31.6. The second-order valence-corrected chi connectivity index (χ2v) is 24.0. The SMILES string of the molecule is CCC[CH2][Sn]([CH2]CCC)([CH2]CCC)[c]1cc(C(=O)CC[C@H](C)N(CC)CC)cc(N2CC(OC)C2)n1. The Balaban J connectivity index is 2.43. The van der Waals surface area contributed by atoms with Crippen molar-refractivity contribution in [3.8, 4) is 0 Å². The number of carbonyl (C=O) groups excluding carboxylic acids is 1.